The summed E-state index contributed by atoms with van der Waals surface area (Å²) in [5.74, 6) is 4.21. The van der Waals surface area contributed by atoms with Crippen molar-refractivity contribution in [2.45, 2.75) is 32.1 Å². The molecule has 0 aliphatic rings. The lowest BCUT2D eigenvalue weighted by molar-refractivity contribution is -0.226. The third kappa shape index (κ3) is 4.71. The van der Waals surface area contributed by atoms with Gasteiger partial charge in [-0.25, -0.2) is 4.79 Å². The zero-order valence-electron chi connectivity index (χ0n) is 9.85. The molecule has 0 spiro atoms. The summed E-state index contributed by atoms with van der Waals surface area (Å²) in [6, 6.07) is 9.80. The summed E-state index contributed by atoms with van der Waals surface area (Å²) in [6.45, 7) is 2.11. The van der Waals surface area contributed by atoms with E-state index in [4.69, 9.17) is 5.26 Å². The van der Waals surface area contributed by atoms with Gasteiger partial charge in [0.1, 0.15) is 0 Å². The Balaban J connectivity index is 2.80. The number of carbonyl (C=O) groups is 1. The van der Waals surface area contributed by atoms with Crippen LogP contribution in [0.3, 0.4) is 0 Å². The van der Waals surface area contributed by atoms with Crippen molar-refractivity contribution in [3.05, 3.63) is 35.9 Å². The SMILES string of the molecule is CCCCC(C#CC(=O)OO)c1ccccc1. The molecule has 1 aromatic carbocycles. The average molecular weight is 232 g/mol. The van der Waals surface area contributed by atoms with Crippen molar-refractivity contribution < 1.29 is 14.9 Å². The number of carbonyl (C=O) groups excluding carboxylic acids is 1. The molecule has 0 heterocycles. The first-order valence-electron chi connectivity index (χ1n) is 5.69. The van der Waals surface area contributed by atoms with Crippen molar-refractivity contribution in [2.24, 2.45) is 0 Å². The van der Waals surface area contributed by atoms with Gasteiger partial charge in [0.05, 0.1) is 0 Å². The van der Waals surface area contributed by atoms with Crippen molar-refractivity contribution in [1.82, 2.24) is 0 Å². The lowest BCUT2D eigenvalue weighted by atomic mass is 9.94. The Morgan fingerprint density at radius 1 is 1.41 bits per heavy atom. The van der Waals surface area contributed by atoms with Crippen LogP contribution in [0.15, 0.2) is 30.3 Å². The number of hydrogen-bond donors (Lipinski definition) is 1. The van der Waals surface area contributed by atoms with Gasteiger partial charge in [-0.05, 0) is 12.0 Å². The maximum atomic E-state index is 10.8. The minimum absolute atomic E-state index is 0.00949. The molecule has 3 heteroatoms. The molecule has 90 valence electrons. The highest BCUT2D eigenvalue weighted by Gasteiger charge is 2.07. The third-order valence-electron chi connectivity index (χ3n) is 2.48. The van der Waals surface area contributed by atoms with Gasteiger partial charge in [0.15, 0.2) is 0 Å². The molecule has 1 unspecified atom stereocenters. The highest BCUT2D eigenvalue weighted by molar-refractivity contribution is 5.88. The summed E-state index contributed by atoms with van der Waals surface area (Å²) in [4.78, 5) is 14.3. The van der Waals surface area contributed by atoms with E-state index in [9.17, 15) is 4.79 Å². The van der Waals surface area contributed by atoms with Gasteiger partial charge >= 0.3 is 5.97 Å². The monoisotopic (exact) mass is 232 g/mol. The van der Waals surface area contributed by atoms with E-state index in [-0.39, 0.29) is 5.92 Å². The minimum atomic E-state index is -0.914. The molecule has 0 fully saturated rings. The Labute approximate surface area is 101 Å². The second-order valence-corrected chi connectivity index (χ2v) is 3.75. The summed E-state index contributed by atoms with van der Waals surface area (Å²) in [5.41, 5.74) is 1.08. The topological polar surface area (TPSA) is 46.5 Å². The summed E-state index contributed by atoms with van der Waals surface area (Å²) in [7, 11) is 0. The molecule has 1 atom stereocenters. The Morgan fingerprint density at radius 3 is 2.71 bits per heavy atom. The summed E-state index contributed by atoms with van der Waals surface area (Å²) in [6.07, 6.45) is 3.02. The molecule has 0 bridgehead atoms. The number of rotatable bonds is 4. The summed E-state index contributed by atoms with van der Waals surface area (Å²) >= 11 is 0. The molecule has 0 radical (unpaired) electrons. The predicted molar refractivity (Wildman–Crippen MR) is 65.2 cm³/mol. The second-order valence-electron chi connectivity index (χ2n) is 3.75. The molecule has 0 saturated heterocycles. The quantitative estimate of drug-likeness (QED) is 0.493. The van der Waals surface area contributed by atoms with Gasteiger partial charge in [-0.15, -0.1) is 0 Å². The Morgan fingerprint density at radius 2 is 2.12 bits per heavy atom. The van der Waals surface area contributed by atoms with Crippen molar-refractivity contribution >= 4 is 5.97 Å². The third-order valence-corrected chi connectivity index (χ3v) is 2.48. The highest BCUT2D eigenvalue weighted by Crippen LogP contribution is 2.20. The molecule has 0 aliphatic carbocycles. The van der Waals surface area contributed by atoms with Crippen LogP contribution in [0, 0.1) is 11.8 Å². The van der Waals surface area contributed by atoms with Crippen LogP contribution in [0.5, 0.6) is 0 Å². The zero-order chi connectivity index (χ0) is 12.5. The van der Waals surface area contributed by atoms with E-state index >= 15 is 0 Å². The normalized spacial score (nSPS) is 11.2. The molecule has 0 aliphatic heterocycles. The fourth-order valence-electron chi connectivity index (χ4n) is 1.58. The molecule has 1 rings (SSSR count). The van der Waals surface area contributed by atoms with Crippen LogP contribution >= 0.6 is 0 Å². The molecule has 1 aromatic rings. The van der Waals surface area contributed by atoms with Crippen LogP contribution in [-0.2, 0) is 9.68 Å². The average Bonchev–Trinajstić information content (AvgIpc) is 2.39. The largest absolute Gasteiger partial charge is 0.416 e. The second kappa shape index (κ2) is 7.48. The van der Waals surface area contributed by atoms with E-state index in [1.165, 1.54) is 0 Å². The van der Waals surface area contributed by atoms with Crippen LogP contribution < -0.4 is 0 Å². The van der Waals surface area contributed by atoms with Gasteiger partial charge in [-0.2, -0.15) is 5.26 Å². The van der Waals surface area contributed by atoms with Gasteiger partial charge in [0, 0.05) is 11.8 Å². The molecule has 0 amide bonds. The van der Waals surface area contributed by atoms with Crippen LogP contribution in [0.4, 0.5) is 0 Å². The Hall–Kier alpha value is -1.79. The first kappa shape index (κ1) is 13.3. The standard InChI is InChI=1S/C14H16O3/c1-2-3-7-13(10-11-14(15)17-16)12-8-5-4-6-9-12/h4-6,8-9,13,16H,2-3,7H2,1H3. The summed E-state index contributed by atoms with van der Waals surface area (Å²) < 4.78 is 0. The lowest BCUT2D eigenvalue weighted by Gasteiger charge is -2.09. The van der Waals surface area contributed by atoms with Crippen LogP contribution in [0.25, 0.3) is 0 Å². The van der Waals surface area contributed by atoms with E-state index in [2.05, 4.69) is 23.7 Å². The van der Waals surface area contributed by atoms with E-state index in [1.54, 1.807) is 0 Å². The van der Waals surface area contributed by atoms with Gasteiger partial charge in [-0.1, -0.05) is 56.0 Å². The molecule has 3 nitrogen and oxygen atoms in total. The van der Waals surface area contributed by atoms with E-state index in [0.717, 1.165) is 24.8 Å². The van der Waals surface area contributed by atoms with Crippen molar-refractivity contribution in [2.75, 3.05) is 0 Å². The fourth-order valence-corrected chi connectivity index (χ4v) is 1.58. The van der Waals surface area contributed by atoms with Gasteiger partial charge in [0.2, 0.25) is 0 Å². The minimum Gasteiger partial charge on any atom is -0.286 e. The van der Waals surface area contributed by atoms with Crippen molar-refractivity contribution in [3.8, 4) is 11.8 Å². The lowest BCUT2D eigenvalue weighted by Crippen LogP contribution is -1.99. The van der Waals surface area contributed by atoms with E-state index in [0.29, 0.717) is 0 Å². The van der Waals surface area contributed by atoms with Crippen molar-refractivity contribution in [3.63, 3.8) is 0 Å². The van der Waals surface area contributed by atoms with Gasteiger partial charge < -0.3 is 0 Å². The predicted octanol–water partition coefficient (Wildman–Crippen LogP) is 2.98. The van der Waals surface area contributed by atoms with Crippen LogP contribution in [-0.4, -0.2) is 11.2 Å². The van der Waals surface area contributed by atoms with Crippen LogP contribution in [0.2, 0.25) is 0 Å². The molecule has 0 aromatic heterocycles. The maximum Gasteiger partial charge on any atom is 0.416 e. The number of benzene rings is 1. The number of hydrogen-bond acceptors (Lipinski definition) is 3. The van der Waals surface area contributed by atoms with Gasteiger partial charge in [0.25, 0.3) is 0 Å². The maximum absolute atomic E-state index is 10.8. The van der Waals surface area contributed by atoms with E-state index in [1.807, 2.05) is 30.3 Å². The molecular weight excluding hydrogens is 216 g/mol. The molecule has 17 heavy (non-hydrogen) atoms. The first-order valence-corrected chi connectivity index (χ1v) is 5.69. The summed E-state index contributed by atoms with van der Waals surface area (Å²) in [5, 5.41) is 8.14. The number of unbranched alkanes of at least 4 members (excludes halogenated alkanes) is 1. The Bertz CT molecular complexity index is 400. The first-order chi connectivity index (χ1) is 8.27. The zero-order valence-corrected chi connectivity index (χ0v) is 9.85. The smallest absolute Gasteiger partial charge is 0.286 e. The van der Waals surface area contributed by atoms with Gasteiger partial charge in [-0.3, -0.25) is 4.89 Å². The molecule has 0 saturated carbocycles. The highest BCUT2D eigenvalue weighted by atomic mass is 17.1. The molecule has 1 N–H and O–H groups in total. The fraction of sp³-hybridized carbons (Fsp3) is 0.357. The molecular formula is C14H16O3. The van der Waals surface area contributed by atoms with E-state index < -0.39 is 5.97 Å². The van der Waals surface area contributed by atoms with Crippen LogP contribution in [0.1, 0.15) is 37.7 Å². The Kier molecular flexibility index (Phi) is 5.84. The van der Waals surface area contributed by atoms with Crippen molar-refractivity contribution in [1.29, 1.82) is 0 Å².